The number of hydrogen-bond acceptors (Lipinski definition) is 3. The predicted octanol–water partition coefficient (Wildman–Crippen LogP) is 4.30. The summed E-state index contributed by atoms with van der Waals surface area (Å²) in [4.78, 5) is 11.6. The van der Waals surface area contributed by atoms with Crippen LogP contribution in [0.25, 0.3) is 0 Å². The zero-order chi connectivity index (χ0) is 15.2. The lowest BCUT2D eigenvalue weighted by Crippen LogP contribution is -2.39. The summed E-state index contributed by atoms with van der Waals surface area (Å²) in [5, 5.41) is 3.34. The molecule has 0 aromatic carbocycles. The Kier molecular flexibility index (Phi) is 13.0. The van der Waals surface area contributed by atoms with E-state index in [1.54, 1.807) is 0 Å². The third kappa shape index (κ3) is 11.3. The number of carbonyl (C=O) groups excluding carboxylic acids is 1. The standard InChI is InChI=1S/C17H35NO2/c1-5-6-7-8-9-10-11-12-13-18-16(14-15(2)3)17(19)20-4/h15-16,18H,5-14H2,1-4H3/t16-/m0/s1. The molecule has 0 fully saturated rings. The van der Waals surface area contributed by atoms with E-state index in [9.17, 15) is 4.79 Å². The number of carbonyl (C=O) groups is 1. The quantitative estimate of drug-likeness (QED) is 0.405. The average molecular weight is 285 g/mol. The van der Waals surface area contributed by atoms with Crippen LogP contribution < -0.4 is 5.32 Å². The first-order valence-corrected chi connectivity index (χ1v) is 8.43. The van der Waals surface area contributed by atoms with Crippen molar-refractivity contribution in [1.82, 2.24) is 5.32 Å². The SMILES string of the molecule is CCCCCCCCCCN[C@@H](CC(C)C)C(=O)OC. The van der Waals surface area contributed by atoms with E-state index in [1.165, 1.54) is 52.1 Å². The molecule has 0 saturated carbocycles. The molecule has 0 bridgehead atoms. The lowest BCUT2D eigenvalue weighted by Gasteiger charge is -2.18. The second-order valence-corrected chi connectivity index (χ2v) is 6.13. The van der Waals surface area contributed by atoms with Crippen LogP contribution in [0.2, 0.25) is 0 Å². The highest BCUT2D eigenvalue weighted by Gasteiger charge is 2.19. The smallest absolute Gasteiger partial charge is 0.322 e. The highest BCUT2D eigenvalue weighted by Crippen LogP contribution is 2.09. The number of esters is 1. The third-order valence-corrected chi connectivity index (χ3v) is 3.61. The molecule has 0 unspecified atom stereocenters. The van der Waals surface area contributed by atoms with Crippen LogP contribution >= 0.6 is 0 Å². The van der Waals surface area contributed by atoms with Crippen LogP contribution in [0.3, 0.4) is 0 Å². The van der Waals surface area contributed by atoms with Gasteiger partial charge < -0.3 is 10.1 Å². The van der Waals surface area contributed by atoms with Crippen molar-refractivity contribution in [2.45, 2.75) is 84.6 Å². The summed E-state index contributed by atoms with van der Waals surface area (Å²) in [5.41, 5.74) is 0. The number of unbranched alkanes of at least 4 members (excludes halogenated alkanes) is 7. The fourth-order valence-electron chi connectivity index (χ4n) is 2.41. The molecule has 0 aromatic heterocycles. The second-order valence-electron chi connectivity index (χ2n) is 6.13. The molecule has 0 radical (unpaired) electrons. The number of hydrogen-bond donors (Lipinski definition) is 1. The molecule has 3 nitrogen and oxygen atoms in total. The van der Waals surface area contributed by atoms with Crippen molar-refractivity contribution in [3.05, 3.63) is 0 Å². The van der Waals surface area contributed by atoms with Crippen LogP contribution in [0.15, 0.2) is 0 Å². The van der Waals surface area contributed by atoms with Crippen molar-refractivity contribution in [3.8, 4) is 0 Å². The summed E-state index contributed by atoms with van der Waals surface area (Å²) in [5.74, 6) is 0.378. The Balaban J connectivity index is 3.56. The molecule has 120 valence electrons. The van der Waals surface area contributed by atoms with Crippen molar-refractivity contribution in [2.24, 2.45) is 5.92 Å². The van der Waals surface area contributed by atoms with Gasteiger partial charge in [0.15, 0.2) is 0 Å². The molecule has 1 atom stereocenters. The zero-order valence-corrected chi connectivity index (χ0v) is 14.0. The van der Waals surface area contributed by atoms with Crippen molar-refractivity contribution < 1.29 is 9.53 Å². The van der Waals surface area contributed by atoms with E-state index < -0.39 is 0 Å². The molecule has 0 amide bonds. The highest BCUT2D eigenvalue weighted by molar-refractivity contribution is 5.75. The average Bonchev–Trinajstić information content (AvgIpc) is 2.43. The van der Waals surface area contributed by atoms with Crippen molar-refractivity contribution in [1.29, 1.82) is 0 Å². The van der Waals surface area contributed by atoms with Crippen LogP contribution in [-0.2, 0) is 9.53 Å². The molecular weight excluding hydrogens is 250 g/mol. The maximum absolute atomic E-state index is 11.6. The summed E-state index contributed by atoms with van der Waals surface area (Å²) in [6.07, 6.45) is 11.4. The Morgan fingerprint density at radius 2 is 1.55 bits per heavy atom. The summed E-state index contributed by atoms with van der Waals surface area (Å²) in [6.45, 7) is 7.43. The molecule has 0 aliphatic heterocycles. The molecule has 1 N–H and O–H groups in total. The number of nitrogens with one attached hydrogen (secondary N) is 1. The van der Waals surface area contributed by atoms with Gasteiger partial charge in [-0.25, -0.2) is 0 Å². The normalized spacial score (nSPS) is 12.7. The fraction of sp³-hybridized carbons (Fsp3) is 0.941. The Morgan fingerprint density at radius 3 is 2.05 bits per heavy atom. The zero-order valence-electron chi connectivity index (χ0n) is 14.0. The van der Waals surface area contributed by atoms with Gasteiger partial charge in [-0.1, -0.05) is 65.7 Å². The molecule has 0 aromatic rings. The fourth-order valence-corrected chi connectivity index (χ4v) is 2.41. The van der Waals surface area contributed by atoms with E-state index in [0.717, 1.165) is 19.4 Å². The van der Waals surface area contributed by atoms with Gasteiger partial charge in [-0.05, 0) is 25.3 Å². The molecule has 0 heterocycles. The Hall–Kier alpha value is -0.570. The van der Waals surface area contributed by atoms with E-state index in [2.05, 4.69) is 26.1 Å². The first kappa shape index (κ1) is 19.4. The summed E-state index contributed by atoms with van der Waals surface area (Å²) >= 11 is 0. The van der Waals surface area contributed by atoms with E-state index in [1.807, 2.05) is 0 Å². The van der Waals surface area contributed by atoms with E-state index in [-0.39, 0.29) is 12.0 Å². The monoisotopic (exact) mass is 285 g/mol. The largest absolute Gasteiger partial charge is 0.468 e. The number of ether oxygens (including phenoxy) is 1. The van der Waals surface area contributed by atoms with Gasteiger partial charge in [-0.15, -0.1) is 0 Å². The Bertz CT molecular complexity index is 229. The van der Waals surface area contributed by atoms with Crippen LogP contribution in [0.5, 0.6) is 0 Å². The van der Waals surface area contributed by atoms with Gasteiger partial charge in [0.1, 0.15) is 6.04 Å². The summed E-state index contributed by atoms with van der Waals surface area (Å²) in [6, 6.07) is -0.135. The van der Waals surface area contributed by atoms with Crippen molar-refractivity contribution in [3.63, 3.8) is 0 Å². The first-order valence-electron chi connectivity index (χ1n) is 8.43. The molecular formula is C17H35NO2. The summed E-state index contributed by atoms with van der Waals surface area (Å²) < 4.78 is 4.84. The number of rotatable bonds is 13. The minimum absolute atomic E-state index is 0.127. The van der Waals surface area contributed by atoms with Crippen LogP contribution in [0, 0.1) is 5.92 Å². The Labute approximate surface area is 125 Å². The minimum atomic E-state index is -0.135. The predicted molar refractivity (Wildman–Crippen MR) is 85.9 cm³/mol. The van der Waals surface area contributed by atoms with Gasteiger partial charge in [0.25, 0.3) is 0 Å². The molecule has 0 rings (SSSR count). The van der Waals surface area contributed by atoms with E-state index >= 15 is 0 Å². The maximum Gasteiger partial charge on any atom is 0.322 e. The van der Waals surface area contributed by atoms with Crippen molar-refractivity contribution in [2.75, 3.05) is 13.7 Å². The number of methoxy groups -OCH3 is 1. The molecule has 20 heavy (non-hydrogen) atoms. The van der Waals surface area contributed by atoms with Gasteiger partial charge >= 0.3 is 5.97 Å². The maximum atomic E-state index is 11.6. The van der Waals surface area contributed by atoms with Gasteiger partial charge in [0.05, 0.1) is 7.11 Å². The van der Waals surface area contributed by atoms with E-state index in [0.29, 0.717) is 5.92 Å². The molecule has 0 aliphatic carbocycles. The Morgan fingerprint density at radius 1 is 1.00 bits per heavy atom. The van der Waals surface area contributed by atoms with Gasteiger partial charge in [-0.2, -0.15) is 0 Å². The molecule has 3 heteroatoms. The lowest BCUT2D eigenvalue weighted by molar-refractivity contribution is -0.143. The van der Waals surface area contributed by atoms with Crippen LogP contribution in [0.4, 0.5) is 0 Å². The van der Waals surface area contributed by atoms with Gasteiger partial charge in [-0.3, -0.25) is 4.79 Å². The first-order chi connectivity index (χ1) is 9.61. The third-order valence-electron chi connectivity index (χ3n) is 3.61. The topological polar surface area (TPSA) is 38.3 Å². The molecule has 0 saturated heterocycles. The lowest BCUT2D eigenvalue weighted by atomic mass is 10.0. The highest BCUT2D eigenvalue weighted by atomic mass is 16.5. The van der Waals surface area contributed by atoms with Crippen LogP contribution in [0.1, 0.15) is 78.6 Å². The van der Waals surface area contributed by atoms with E-state index in [4.69, 9.17) is 4.74 Å². The van der Waals surface area contributed by atoms with Crippen LogP contribution in [-0.4, -0.2) is 25.7 Å². The summed E-state index contributed by atoms with van der Waals surface area (Å²) in [7, 11) is 1.47. The van der Waals surface area contributed by atoms with Gasteiger partial charge in [0, 0.05) is 0 Å². The van der Waals surface area contributed by atoms with Crippen molar-refractivity contribution >= 4 is 5.97 Å². The molecule has 0 aliphatic rings. The molecule has 0 spiro atoms. The second kappa shape index (κ2) is 13.4. The minimum Gasteiger partial charge on any atom is -0.468 e. The van der Waals surface area contributed by atoms with Gasteiger partial charge in [0.2, 0.25) is 0 Å².